The number of esters is 4. The van der Waals surface area contributed by atoms with Crippen molar-refractivity contribution in [3.8, 4) is 0 Å². The topological polar surface area (TPSA) is 237 Å². The van der Waals surface area contributed by atoms with Crippen molar-refractivity contribution in [1.82, 2.24) is 0 Å². The van der Waals surface area contributed by atoms with Crippen molar-refractivity contribution in [3.05, 3.63) is 0 Å². The summed E-state index contributed by atoms with van der Waals surface area (Å²) in [5.74, 6) is -2.10. The van der Waals surface area contributed by atoms with E-state index in [0.717, 1.165) is 89.9 Å². The van der Waals surface area contributed by atoms with Crippen LogP contribution in [0.2, 0.25) is 0 Å². The summed E-state index contributed by atoms with van der Waals surface area (Å²) in [6, 6.07) is 0. The van der Waals surface area contributed by atoms with E-state index in [2.05, 4.69) is 27.7 Å². The number of carbonyl (C=O) groups excluding carboxylic acids is 4. The lowest BCUT2D eigenvalue weighted by molar-refractivity contribution is -0.161. The molecule has 0 bridgehead atoms. The highest BCUT2D eigenvalue weighted by Crippen LogP contribution is 2.45. The molecule has 0 amide bonds. The maximum atomic E-state index is 13.2. The molecule has 0 rings (SSSR count). The minimum atomic E-state index is -4.97. The molecule has 0 heterocycles. The zero-order valence-corrected chi connectivity index (χ0v) is 74.0. The Bertz CT molecular complexity index is 2070. The molecule has 2 unspecified atom stereocenters. The summed E-state index contributed by atoms with van der Waals surface area (Å²) < 4.78 is 69.0. The first kappa shape index (κ1) is 108. The van der Waals surface area contributed by atoms with Crippen LogP contribution in [0.25, 0.3) is 0 Å². The molecule has 0 radical (unpaired) electrons. The Balaban J connectivity index is 5.16. The highest BCUT2D eigenvalue weighted by Gasteiger charge is 2.31. The van der Waals surface area contributed by atoms with E-state index in [4.69, 9.17) is 37.0 Å². The third-order valence-electron chi connectivity index (χ3n) is 21.6. The van der Waals surface area contributed by atoms with Gasteiger partial charge in [0.25, 0.3) is 0 Å². The molecule has 0 saturated carbocycles. The maximum Gasteiger partial charge on any atom is 0.472 e. The van der Waals surface area contributed by atoms with E-state index in [1.165, 1.54) is 334 Å². The molecular formula is C91H178O17P2. The van der Waals surface area contributed by atoms with Gasteiger partial charge in [-0.3, -0.25) is 37.3 Å². The molecule has 0 spiro atoms. The number of hydrogen-bond acceptors (Lipinski definition) is 15. The fraction of sp³-hybridized carbons (Fsp3) is 0.956. The van der Waals surface area contributed by atoms with Crippen LogP contribution in [0.15, 0.2) is 0 Å². The maximum absolute atomic E-state index is 13.2. The van der Waals surface area contributed by atoms with Crippen molar-refractivity contribution < 1.29 is 80.2 Å². The third-order valence-corrected chi connectivity index (χ3v) is 23.5. The molecule has 0 aliphatic carbocycles. The third kappa shape index (κ3) is 84.0. The van der Waals surface area contributed by atoms with Crippen LogP contribution in [0.5, 0.6) is 0 Å². The number of phosphoric ester groups is 2. The number of unbranched alkanes of at least 4 members (excludes halogenated alkanes) is 66. The Labute approximate surface area is 677 Å². The highest BCUT2D eigenvalue weighted by molar-refractivity contribution is 7.47. The molecule has 19 heteroatoms. The number of ether oxygens (including phenoxy) is 4. The molecule has 0 aromatic rings. The highest BCUT2D eigenvalue weighted by atomic mass is 31.2. The SMILES string of the molecule is CCCCCCCCCCCCCCCCCCCCCCCCC(=O)O[C@H](COC(=O)CCCCCCCCCCCCCCCCCCCCCC)COP(=O)(O)OC[C@@H](O)COP(=O)(O)OC[C@@H](COC(=O)CCCCCCCCCC)OC(=O)CCCCCCCCCCCCCCCCCCCCCC. The van der Waals surface area contributed by atoms with Crippen molar-refractivity contribution in [2.75, 3.05) is 39.6 Å². The summed E-state index contributed by atoms with van der Waals surface area (Å²) in [5.41, 5.74) is 0. The molecule has 654 valence electrons. The normalized spacial score (nSPS) is 13.6. The van der Waals surface area contributed by atoms with Crippen LogP contribution in [0, 0.1) is 0 Å². The van der Waals surface area contributed by atoms with Crippen LogP contribution in [0.3, 0.4) is 0 Å². The number of rotatable bonds is 92. The number of aliphatic hydroxyl groups excluding tert-OH is 1. The van der Waals surface area contributed by atoms with E-state index in [-0.39, 0.29) is 25.7 Å². The van der Waals surface area contributed by atoms with Gasteiger partial charge in [-0.1, -0.05) is 451 Å². The Morgan fingerprint density at radius 2 is 0.364 bits per heavy atom. The predicted molar refractivity (Wildman–Crippen MR) is 455 cm³/mol. The van der Waals surface area contributed by atoms with Crippen LogP contribution in [0.1, 0.15) is 503 Å². The van der Waals surface area contributed by atoms with E-state index in [0.29, 0.717) is 25.7 Å². The monoisotopic (exact) mass is 1610 g/mol. The van der Waals surface area contributed by atoms with Gasteiger partial charge in [-0.05, 0) is 25.7 Å². The van der Waals surface area contributed by atoms with Gasteiger partial charge >= 0.3 is 39.5 Å². The molecule has 5 atom stereocenters. The van der Waals surface area contributed by atoms with Gasteiger partial charge in [-0.15, -0.1) is 0 Å². The van der Waals surface area contributed by atoms with Crippen molar-refractivity contribution in [1.29, 1.82) is 0 Å². The van der Waals surface area contributed by atoms with Crippen LogP contribution in [-0.2, 0) is 65.4 Å². The number of phosphoric acid groups is 2. The van der Waals surface area contributed by atoms with Crippen molar-refractivity contribution in [3.63, 3.8) is 0 Å². The van der Waals surface area contributed by atoms with Gasteiger partial charge in [0, 0.05) is 25.7 Å². The summed E-state index contributed by atoms with van der Waals surface area (Å²) in [6.45, 7) is 5.05. The Kier molecular flexibility index (Phi) is 83.5. The summed E-state index contributed by atoms with van der Waals surface area (Å²) in [5, 5.41) is 10.7. The fourth-order valence-electron chi connectivity index (χ4n) is 14.4. The van der Waals surface area contributed by atoms with E-state index in [1.807, 2.05) is 0 Å². The summed E-state index contributed by atoms with van der Waals surface area (Å²) in [4.78, 5) is 73.3. The second-order valence-corrected chi connectivity index (χ2v) is 35.6. The smallest absolute Gasteiger partial charge is 0.462 e. The largest absolute Gasteiger partial charge is 0.472 e. The number of aliphatic hydroxyl groups is 1. The molecule has 0 saturated heterocycles. The minimum Gasteiger partial charge on any atom is -0.462 e. The van der Waals surface area contributed by atoms with Crippen LogP contribution >= 0.6 is 15.6 Å². The molecule has 0 aliphatic heterocycles. The first-order chi connectivity index (χ1) is 53.7. The molecule has 0 aromatic carbocycles. The fourth-order valence-corrected chi connectivity index (χ4v) is 16.0. The lowest BCUT2D eigenvalue weighted by Crippen LogP contribution is -2.30. The van der Waals surface area contributed by atoms with Gasteiger partial charge in [-0.25, -0.2) is 9.13 Å². The first-order valence-corrected chi connectivity index (χ1v) is 50.3. The number of carbonyl (C=O) groups is 4. The average Bonchev–Trinajstić information content (AvgIpc) is 0.898. The molecule has 0 aliphatic rings. The van der Waals surface area contributed by atoms with E-state index in [1.54, 1.807) is 0 Å². The Morgan fingerprint density at radius 1 is 0.218 bits per heavy atom. The van der Waals surface area contributed by atoms with Crippen LogP contribution < -0.4 is 0 Å². The first-order valence-electron chi connectivity index (χ1n) is 47.3. The zero-order valence-electron chi connectivity index (χ0n) is 72.3. The lowest BCUT2D eigenvalue weighted by Gasteiger charge is -2.21. The summed E-state index contributed by atoms with van der Waals surface area (Å²) in [7, 11) is -9.93. The molecule has 3 N–H and O–H groups in total. The molecule has 110 heavy (non-hydrogen) atoms. The molecule has 0 aromatic heterocycles. The van der Waals surface area contributed by atoms with Gasteiger partial charge in [0.1, 0.15) is 19.3 Å². The quantitative estimate of drug-likeness (QED) is 0.0222. The second-order valence-electron chi connectivity index (χ2n) is 32.7. The minimum absolute atomic E-state index is 0.109. The lowest BCUT2D eigenvalue weighted by atomic mass is 10.0. The zero-order chi connectivity index (χ0) is 80.3. The second kappa shape index (κ2) is 85.0. The molecular weight excluding hydrogens is 1430 g/mol. The van der Waals surface area contributed by atoms with Crippen molar-refractivity contribution in [2.45, 2.75) is 521 Å². The molecule has 17 nitrogen and oxygen atoms in total. The average molecular weight is 1610 g/mol. The van der Waals surface area contributed by atoms with Crippen molar-refractivity contribution in [2.24, 2.45) is 0 Å². The molecule has 0 fully saturated rings. The van der Waals surface area contributed by atoms with Gasteiger partial charge < -0.3 is 33.8 Å². The van der Waals surface area contributed by atoms with E-state index < -0.39 is 97.5 Å². The van der Waals surface area contributed by atoms with Gasteiger partial charge in [0.15, 0.2) is 12.2 Å². The van der Waals surface area contributed by atoms with Gasteiger partial charge in [0.05, 0.1) is 26.4 Å². The van der Waals surface area contributed by atoms with E-state index in [9.17, 15) is 43.2 Å². The standard InChI is InChI=1S/C91H178O17P2/c1-5-9-13-17-21-25-28-31-34-37-40-43-44-47-50-53-56-59-62-66-70-74-78-91(96)108-87(82-102-89(94)76-72-68-64-60-57-54-51-48-45-41-38-35-32-29-26-22-18-14-10-6-2)84-106-110(99,100)104-80-85(92)79-103-109(97,98)105-83-86(81-101-88(93)75-71-67-63-24-20-16-12-8-4)107-90(95)77-73-69-65-61-58-55-52-49-46-42-39-36-33-30-27-23-19-15-11-7-3/h85-87,92H,5-84H2,1-4H3,(H,97,98)(H,99,100)/t85-,86+,87+/m0/s1. The van der Waals surface area contributed by atoms with Gasteiger partial charge in [0.2, 0.25) is 0 Å². The summed E-state index contributed by atoms with van der Waals surface area (Å²) in [6.07, 6.45) is 82.3. The number of hydrogen-bond donors (Lipinski definition) is 3. The predicted octanol–water partition coefficient (Wildman–Crippen LogP) is 28.5. The summed E-state index contributed by atoms with van der Waals surface area (Å²) >= 11 is 0. The van der Waals surface area contributed by atoms with Crippen LogP contribution in [0.4, 0.5) is 0 Å². The van der Waals surface area contributed by atoms with Gasteiger partial charge in [-0.2, -0.15) is 0 Å². The van der Waals surface area contributed by atoms with E-state index >= 15 is 0 Å². The van der Waals surface area contributed by atoms with Crippen LogP contribution in [-0.4, -0.2) is 96.7 Å². The Hall–Kier alpha value is -1.94. The Morgan fingerprint density at radius 3 is 0.536 bits per heavy atom. The van der Waals surface area contributed by atoms with Crippen molar-refractivity contribution >= 4 is 39.5 Å².